The first kappa shape index (κ1) is 17.7. The molecule has 1 nitrogen and oxygen atoms in total. The molecule has 1 aliphatic heterocycles. The zero-order chi connectivity index (χ0) is 16.8. The molecule has 24 heavy (non-hydrogen) atoms. The second-order valence-corrected chi connectivity index (χ2v) is 8.38. The molecule has 3 rings (SSSR count). The fourth-order valence-corrected chi connectivity index (χ4v) is 4.80. The van der Waals surface area contributed by atoms with E-state index in [0.29, 0.717) is 0 Å². The van der Waals surface area contributed by atoms with Crippen molar-refractivity contribution in [2.45, 2.75) is 71.3 Å². The molecule has 0 N–H and O–H groups in total. The van der Waals surface area contributed by atoms with E-state index in [9.17, 15) is 0 Å². The molecular formula is C23H35N. The first-order valence-corrected chi connectivity index (χ1v) is 10.1. The van der Waals surface area contributed by atoms with Gasteiger partial charge in [0.2, 0.25) is 0 Å². The largest absolute Gasteiger partial charge is 0.299 e. The molecule has 2 fully saturated rings. The number of hydrogen-bond donors (Lipinski definition) is 0. The lowest BCUT2D eigenvalue weighted by molar-refractivity contribution is 0.189. The van der Waals surface area contributed by atoms with E-state index in [1.807, 2.05) is 0 Å². The van der Waals surface area contributed by atoms with E-state index >= 15 is 0 Å². The highest BCUT2D eigenvalue weighted by molar-refractivity contribution is 5.25. The lowest BCUT2D eigenvalue weighted by Gasteiger charge is -2.38. The summed E-state index contributed by atoms with van der Waals surface area (Å²) in [4.78, 5) is 2.62. The molecule has 1 aromatic carbocycles. The Morgan fingerprint density at radius 2 is 1.71 bits per heavy atom. The van der Waals surface area contributed by atoms with Gasteiger partial charge >= 0.3 is 0 Å². The summed E-state index contributed by atoms with van der Waals surface area (Å²) in [6.07, 6.45) is 14.6. The molecule has 1 saturated heterocycles. The molecule has 1 aliphatic carbocycles. The minimum atomic E-state index is 0.254. The molecule has 132 valence electrons. The zero-order valence-corrected chi connectivity index (χ0v) is 15.6. The number of hydrogen-bond acceptors (Lipinski definition) is 1. The van der Waals surface area contributed by atoms with Gasteiger partial charge in [-0.1, -0.05) is 62.9 Å². The average Bonchev–Trinajstić information content (AvgIpc) is 2.63. The van der Waals surface area contributed by atoms with Gasteiger partial charge < -0.3 is 0 Å². The quantitative estimate of drug-likeness (QED) is 0.581. The Morgan fingerprint density at radius 1 is 1.04 bits per heavy atom. The molecule has 0 aromatic heterocycles. The van der Waals surface area contributed by atoms with Crippen molar-refractivity contribution >= 4 is 0 Å². The number of benzene rings is 1. The molecule has 0 radical (unpaired) electrons. The van der Waals surface area contributed by atoms with E-state index in [1.54, 1.807) is 0 Å². The lowest BCUT2D eigenvalue weighted by atomic mass is 9.67. The van der Waals surface area contributed by atoms with E-state index < -0.39 is 0 Å². The molecule has 1 saturated carbocycles. The molecule has 2 aliphatic rings. The van der Waals surface area contributed by atoms with Gasteiger partial charge in [0.15, 0.2) is 0 Å². The van der Waals surface area contributed by atoms with Gasteiger partial charge in [0, 0.05) is 6.54 Å². The van der Waals surface area contributed by atoms with Crippen molar-refractivity contribution in [2.75, 3.05) is 13.1 Å². The van der Waals surface area contributed by atoms with Crippen LogP contribution in [0.2, 0.25) is 0 Å². The summed E-state index contributed by atoms with van der Waals surface area (Å²) in [5, 5.41) is 0. The van der Waals surface area contributed by atoms with Crippen LogP contribution in [0.4, 0.5) is 0 Å². The van der Waals surface area contributed by atoms with E-state index in [-0.39, 0.29) is 5.41 Å². The molecule has 1 aromatic rings. The zero-order valence-electron chi connectivity index (χ0n) is 15.6. The number of rotatable bonds is 6. The monoisotopic (exact) mass is 325 g/mol. The van der Waals surface area contributed by atoms with Gasteiger partial charge in [0.1, 0.15) is 0 Å². The van der Waals surface area contributed by atoms with Gasteiger partial charge in [0.05, 0.1) is 0 Å². The van der Waals surface area contributed by atoms with Gasteiger partial charge in [-0.3, -0.25) is 4.90 Å². The van der Waals surface area contributed by atoms with E-state index in [0.717, 1.165) is 18.9 Å². The third-order valence-electron chi connectivity index (χ3n) is 6.44. The van der Waals surface area contributed by atoms with Crippen molar-refractivity contribution in [3.8, 4) is 0 Å². The minimum absolute atomic E-state index is 0.254. The Bertz CT molecular complexity index is 523. The highest BCUT2D eigenvalue weighted by Crippen LogP contribution is 2.41. The van der Waals surface area contributed by atoms with Crippen LogP contribution in [0.1, 0.15) is 69.4 Å². The number of allylic oxidation sites excluding steroid dienone is 1. The molecule has 0 spiro atoms. The van der Waals surface area contributed by atoms with Crippen LogP contribution in [0.25, 0.3) is 0 Å². The number of nitrogens with zero attached hydrogens (tertiary/aromatic N) is 1. The van der Waals surface area contributed by atoms with Crippen molar-refractivity contribution in [1.29, 1.82) is 0 Å². The summed E-state index contributed by atoms with van der Waals surface area (Å²) in [6, 6.07) is 9.35. The first-order valence-electron chi connectivity index (χ1n) is 10.1. The number of piperidine rings is 1. The molecule has 1 heterocycles. The predicted octanol–water partition coefficient (Wildman–Crippen LogP) is 5.99. The molecule has 1 heteroatoms. The Morgan fingerprint density at radius 3 is 2.42 bits per heavy atom. The van der Waals surface area contributed by atoms with Crippen LogP contribution in [-0.2, 0) is 13.0 Å². The highest BCUT2D eigenvalue weighted by Gasteiger charge is 2.32. The Kier molecular flexibility index (Phi) is 6.16. The summed E-state index contributed by atoms with van der Waals surface area (Å²) in [5.74, 6) is 0.814. The van der Waals surface area contributed by atoms with Crippen molar-refractivity contribution in [3.63, 3.8) is 0 Å². The van der Waals surface area contributed by atoms with Crippen molar-refractivity contribution in [3.05, 3.63) is 48.0 Å². The van der Waals surface area contributed by atoms with Crippen LogP contribution in [0.5, 0.6) is 0 Å². The van der Waals surface area contributed by atoms with Crippen molar-refractivity contribution in [2.24, 2.45) is 11.3 Å². The third kappa shape index (κ3) is 4.51. The molecule has 0 bridgehead atoms. The van der Waals surface area contributed by atoms with Crippen LogP contribution in [0.15, 0.2) is 36.9 Å². The highest BCUT2D eigenvalue weighted by atomic mass is 15.1. The predicted molar refractivity (Wildman–Crippen MR) is 104 cm³/mol. The third-order valence-corrected chi connectivity index (χ3v) is 6.44. The number of likely N-dealkylation sites (tertiary alicyclic amines) is 1. The van der Waals surface area contributed by atoms with Crippen LogP contribution < -0.4 is 0 Å². The van der Waals surface area contributed by atoms with Gasteiger partial charge in [-0.25, -0.2) is 0 Å². The Hall–Kier alpha value is -1.08. The summed E-state index contributed by atoms with van der Waals surface area (Å²) in [6.45, 7) is 10.3. The van der Waals surface area contributed by atoms with Gasteiger partial charge in [-0.05, 0) is 67.7 Å². The first-order chi connectivity index (χ1) is 11.7. The van der Waals surface area contributed by atoms with Crippen molar-refractivity contribution in [1.82, 2.24) is 4.90 Å². The van der Waals surface area contributed by atoms with Crippen LogP contribution in [-0.4, -0.2) is 18.0 Å². The standard InChI is InChI=1S/C23H35N/c1-3-23(2,22-13-6-4-7-14-22)18-20-11-10-12-21(17-20)19-24-15-8-5-9-16-24/h3,10-12,17,22H,1,4-9,13-16,18-19H2,2H3. The normalized spacial score (nSPS) is 22.9. The maximum absolute atomic E-state index is 4.21. The van der Waals surface area contributed by atoms with E-state index in [4.69, 9.17) is 0 Å². The maximum atomic E-state index is 4.21. The van der Waals surface area contributed by atoms with Crippen molar-refractivity contribution < 1.29 is 0 Å². The van der Waals surface area contributed by atoms with E-state index in [1.165, 1.54) is 75.6 Å². The minimum Gasteiger partial charge on any atom is -0.299 e. The van der Waals surface area contributed by atoms with Crippen LogP contribution >= 0.6 is 0 Å². The molecular weight excluding hydrogens is 290 g/mol. The molecule has 1 atom stereocenters. The second-order valence-electron chi connectivity index (χ2n) is 8.38. The fraction of sp³-hybridized carbons (Fsp3) is 0.652. The van der Waals surface area contributed by atoms with Gasteiger partial charge in [-0.2, -0.15) is 0 Å². The second kappa shape index (κ2) is 8.34. The molecule has 0 amide bonds. The van der Waals surface area contributed by atoms with Crippen LogP contribution in [0.3, 0.4) is 0 Å². The summed E-state index contributed by atoms with van der Waals surface area (Å²) in [7, 11) is 0. The SMILES string of the molecule is C=CC(C)(Cc1cccc(CN2CCCCC2)c1)C1CCCCC1. The summed E-state index contributed by atoms with van der Waals surface area (Å²) >= 11 is 0. The Labute approximate surface area is 149 Å². The summed E-state index contributed by atoms with van der Waals surface area (Å²) in [5.41, 5.74) is 3.24. The Balaban J connectivity index is 1.66. The topological polar surface area (TPSA) is 3.24 Å². The molecule has 1 unspecified atom stereocenters. The fourth-order valence-electron chi connectivity index (χ4n) is 4.80. The smallest absolute Gasteiger partial charge is 0.0233 e. The summed E-state index contributed by atoms with van der Waals surface area (Å²) < 4.78 is 0. The lowest BCUT2D eigenvalue weighted by Crippen LogP contribution is -2.30. The van der Waals surface area contributed by atoms with Crippen LogP contribution in [0, 0.1) is 11.3 Å². The average molecular weight is 326 g/mol. The van der Waals surface area contributed by atoms with Gasteiger partial charge in [0.25, 0.3) is 0 Å². The van der Waals surface area contributed by atoms with Gasteiger partial charge in [-0.15, -0.1) is 6.58 Å². The van der Waals surface area contributed by atoms with E-state index in [2.05, 4.69) is 48.7 Å². The maximum Gasteiger partial charge on any atom is 0.0233 e.